The fraction of sp³-hybridized carbons (Fsp3) is 0.227. The number of anilines is 1. The molecule has 7 N–H and O–H groups in total. The van der Waals surface area contributed by atoms with Crippen LogP contribution in [0, 0.1) is 38.2 Å². The minimum atomic E-state index is -0.976. The molecule has 0 bridgehead atoms. The summed E-state index contributed by atoms with van der Waals surface area (Å²) < 4.78 is 28.1. The quantitative estimate of drug-likeness (QED) is 0.0204. The first kappa shape index (κ1) is 94.5. The number of benzene rings is 10. The van der Waals surface area contributed by atoms with Crippen LogP contribution in [0.2, 0.25) is 0 Å². The Bertz CT molecular complexity index is 5030. The third-order valence-electron chi connectivity index (χ3n) is 16.7. The van der Waals surface area contributed by atoms with Crippen LogP contribution in [0.1, 0.15) is 125 Å². The van der Waals surface area contributed by atoms with Gasteiger partial charge >= 0.3 is 48.7 Å². The molecule has 1 unspecified atom stereocenters. The molecule has 26 heteroatoms. The number of hydrogen-bond acceptors (Lipinski definition) is 20. The Morgan fingerprint density at radius 1 is 0.421 bits per heavy atom. The minimum absolute atomic E-state index is 0. The molecule has 0 saturated heterocycles. The number of hydrogen-bond donors (Lipinski definition) is 4. The summed E-state index contributed by atoms with van der Waals surface area (Å²) in [5.74, 6) is -1.53. The van der Waals surface area contributed by atoms with Crippen molar-refractivity contribution >= 4 is 64.0 Å². The van der Waals surface area contributed by atoms with E-state index in [0.29, 0.717) is 77.0 Å². The van der Waals surface area contributed by atoms with Crippen molar-refractivity contribution in [2.75, 3.05) is 54.4 Å². The van der Waals surface area contributed by atoms with Crippen molar-refractivity contribution in [2.24, 2.45) is 5.73 Å². The number of nitrogens with one attached hydrogen (secondary N) is 1. The predicted octanol–water partition coefficient (Wildman–Crippen LogP) is 13.9. The van der Waals surface area contributed by atoms with E-state index in [9.17, 15) is 33.9 Å². The van der Waals surface area contributed by atoms with Crippen molar-refractivity contribution in [1.29, 1.82) is 0 Å². The zero-order valence-corrected chi connectivity index (χ0v) is 68.3. The molecule has 590 valence electrons. The summed E-state index contributed by atoms with van der Waals surface area (Å²) in [6.45, 7) is 20.2. The number of carbonyl (C=O) groups excluding carboxylic acids is 5. The van der Waals surface area contributed by atoms with Gasteiger partial charge in [0.15, 0.2) is 11.6 Å². The maximum atomic E-state index is 12.1. The van der Waals surface area contributed by atoms with Gasteiger partial charge in [-0.05, 0) is 252 Å². The van der Waals surface area contributed by atoms with Gasteiger partial charge in [0.25, 0.3) is 5.91 Å². The molecule has 0 aliphatic carbocycles. The van der Waals surface area contributed by atoms with Crippen molar-refractivity contribution < 1.29 is 81.9 Å². The van der Waals surface area contributed by atoms with E-state index >= 15 is 0 Å². The fourth-order valence-corrected chi connectivity index (χ4v) is 11.6. The van der Waals surface area contributed by atoms with Crippen LogP contribution in [0.3, 0.4) is 0 Å². The van der Waals surface area contributed by atoms with Gasteiger partial charge in [-0.3, -0.25) is 4.79 Å². The van der Waals surface area contributed by atoms with Gasteiger partial charge in [-0.2, -0.15) is 0 Å². The second-order valence-electron chi connectivity index (χ2n) is 25.5. The molecule has 12 aromatic rings. The summed E-state index contributed by atoms with van der Waals surface area (Å²) in [7, 11) is 7.09. The first-order valence-electron chi connectivity index (χ1n) is 35.4. The topological polar surface area (TPSA) is 350 Å². The van der Waals surface area contributed by atoms with Gasteiger partial charge in [0.1, 0.15) is 0 Å². The summed E-state index contributed by atoms with van der Waals surface area (Å²) in [6, 6.07) is 67.2. The molecule has 2 heterocycles. The van der Waals surface area contributed by atoms with E-state index in [1.54, 1.807) is 65.0 Å². The monoisotopic (exact) mass is 1650 g/mol. The maximum Gasteiger partial charge on any atom is 1.00 e. The van der Waals surface area contributed by atoms with Crippen LogP contribution in [0.15, 0.2) is 212 Å². The van der Waals surface area contributed by atoms with Crippen molar-refractivity contribution in [2.45, 2.75) is 88.9 Å². The van der Waals surface area contributed by atoms with Gasteiger partial charge in [0.2, 0.25) is 0 Å². The normalized spacial score (nSPS) is 10.3. The first-order chi connectivity index (χ1) is 53.2. The minimum Gasteiger partial charge on any atom is -0.870 e. The molecular formula is C88H97ILiN11O13. The fourth-order valence-electron chi connectivity index (χ4n) is 10.9. The molecule has 0 fully saturated rings. The summed E-state index contributed by atoms with van der Waals surface area (Å²) >= 11 is 2.21. The third-order valence-corrected chi connectivity index (χ3v) is 17.3. The number of rotatable bonds is 18. The van der Waals surface area contributed by atoms with E-state index in [0.717, 1.165) is 75.9 Å². The van der Waals surface area contributed by atoms with Crippen LogP contribution in [0.5, 0.6) is 0 Å². The van der Waals surface area contributed by atoms with Crippen molar-refractivity contribution in [1.82, 2.24) is 45.7 Å². The number of methoxy groups -OCH3 is 5. The number of amides is 1. The smallest absolute Gasteiger partial charge is 0.870 e. The van der Waals surface area contributed by atoms with Crippen LogP contribution < -0.4 is 35.6 Å². The van der Waals surface area contributed by atoms with E-state index in [1.807, 2.05) is 189 Å². The van der Waals surface area contributed by atoms with Crippen LogP contribution in [-0.4, -0.2) is 141 Å². The van der Waals surface area contributed by atoms with E-state index in [2.05, 4.69) is 101 Å². The number of carboxylic acid groups (broad SMARTS) is 1. The zero-order valence-electron chi connectivity index (χ0n) is 66.1. The largest absolute Gasteiger partial charge is 1.00 e. The Balaban J connectivity index is 0.000000294. The molecule has 10 aromatic carbocycles. The Kier molecular flexibility index (Phi) is 38.9. The molecule has 0 saturated carbocycles. The number of aromatic carboxylic acids is 1. The molecular weight excluding hydrogens is 1550 g/mol. The Morgan fingerprint density at radius 3 is 1.03 bits per heavy atom. The molecule has 24 nitrogen and oxygen atoms in total. The standard InChI is InChI=1S/C18H18N4O2.C18H19NO3.C17H16N4O2.C15H13IO2.C15H15NO2.C4H11NO.CH4.Li.H2O/c1-4-22-17(19-20-21-22)15-9-14(10-16(11-15)18(23)24-3)13-7-5-12(2)6-8-13;1-4-19-17(20)15-9-14(10-16(11-15)18(21)22-3)13-7-5-12(2)6-8-13;1-3-21-16(18-19-20-21)14-8-13(9-15(10-14)17(22)23)12-6-4-11(2)5-7-12;2*1-10-3-5-11(6-4-10)12-7-13(15(17)18-2)9-14(16)8-12;1-4(5)3-6-2;;;/h5-11H,4H2,1-3H3;5-11H,4H2,1-3H3,(H,19,20);4-10H,3H2,1-2H3,(H,22,23);3-9H,1-2H3;3-9H,16H2,1-2H3;4H,3,5H2,1-2H3;1H4;;1H2/q;;;;;;;+1;/p-1. The molecule has 12 rings (SSSR count). The predicted molar refractivity (Wildman–Crippen MR) is 450 cm³/mol. The summed E-state index contributed by atoms with van der Waals surface area (Å²) in [5.41, 5.74) is 31.1. The number of nitrogens with zero attached hydrogens (tertiary/aromatic N) is 8. The van der Waals surface area contributed by atoms with Crippen molar-refractivity contribution in [3.63, 3.8) is 0 Å². The number of halogens is 1. The number of tetrazole rings is 2. The third kappa shape index (κ3) is 27.8. The average molecular weight is 1650 g/mol. The second-order valence-corrected chi connectivity index (χ2v) is 26.7. The van der Waals surface area contributed by atoms with Gasteiger partial charge < -0.3 is 51.1 Å². The van der Waals surface area contributed by atoms with Gasteiger partial charge in [-0.15, -0.1) is 10.2 Å². The number of carbonyl (C=O) groups is 6. The molecule has 2 aromatic heterocycles. The number of aromatic nitrogens is 8. The molecule has 1 atom stereocenters. The van der Waals surface area contributed by atoms with E-state index in [1.165, 1.54) is 45.1 Å². The summed E-state index contributed by atoms with van der Waals surface area (Å²) in [4.78, 5) is 70.5. The molecule has 0 aliphatic heterocycles. The Morgan fingerprint density at radius 2 is 0.711 bits per heavy atom. The van der Waals surface area contributed by atoms with Gasteiger partial charge in [-0.1, -0.05) is 157 Å². The second kappa shape index (κ2) is 46.9. The Labute approximate surface area is 691 Å². The van der Waals surface area contributed by atoms with Crippen LogP contribution in [0.25, 0.3) is 78.4 Å². The average Bonchev–Trinajstić information content (AvgIpc) is 1.53. The molecule has 1 amide bonds. The maximum absolute atomic E-state index is 12.1. The number of ether oxygens (including phenoxy) is 5. The van der Waals surface area contributed by atoms with Crippen LogP contribution >= 0.6 is 22.6 Å². The summed E-state index contributed by atoms with van der Waals surface area (Å²) in [6.07, 6.45) is 0. The van der Waals surface area contributed by atoms with Gasteiger partial charge in [-0.25, -0.2) is 33.3 Å². The van der Waals surface area contributed by atoms with Crippen LogP contribution in [0.4, 0.5) is 5.69 Å². The number of carboxylic acids is 1. The summed E-state index contributed by atoms with van der Waals surface area (Å²) in [5, 5.41) is 35.5. The number of esters is 4. The number of aryl methyl sites for hydroxylation is 7. The molecule has 0 spiro atoms. The zero-order chi connectivity index (χ0) is 80.8. The van der Waals surface area contributed by atoms with Gasteiger partial charge in [0, 0.05) is 58.7 Å². The number of nitrogen functional groups attached to an aromatic ring is 1. The van der Waals surface area contributed by atoms with E-state index in [4.69, 9.17) is 30.4 Å². The SMILES string of the molecule is C.CCNC(=O)c1cc(C(=O)OC)cc(-c2ccc(C)cc2)c1.CCn1nnnc1-c1cc(C(=O)O)cc(-c2ccc(C)cc2)c1.CCn1nnnc1-c1cc(C(=O)OC)cc(-c2ccc(C)cc2)c1.COC(=O)c1cc(I)cc(-c2ccc(C)cc2)c1.COC(=O)c1cc(N)cc(-c2ccc(C)cc2)c1.COCC(C)N.[Li+].[OH-]. The van der Waals surface area contributed by atoms with Crippen LogP contribution in [-0.2, 0) is 36.8 Å². The van der Waals surface area contributed by atoms with Gasteiger partial charge in [0.05, 0.1) is 62.9 Å². The first-order valence-corrected chi connectivity index (χ1v) is 36.4. The van der Waals surface area contributed by atoms with Crippen molar-refractivity contribution in [3.8, 4) is 78.4 Å². The van der Waals surface area contributed by atoms with E-state index in [-0.39, 0.29) is 67.2 Å². The molecule has 0 aliphatic rings. The molecule has 0 radical (unpaired) electrons. The Hall–Kier alpha value is -11.8. The van der Waals surface area contributed by atoms with E-state index < -0.39 is 11.9 Å². The molecule has 114 heavy (non-hydrogen) atoms. The number of nitrogens with two attached hydrogens (primary N) is 2. The van der Waals surface area contributed by atoms with Crippen molar-refractivity contribution in [3.05, 3.63) is 277 Å².